The van der Waals surface area contributed by atoms with Gasteiger partial charge in [-0.05, 0) is 50.6 Å². The highest BCUT2D eigenvalue weighted by molar-refractivity contribution is 5.94. The molecule has 86 valence electrons. The van der Waals surface area contributed by atoms with Crippen LogP contribution in [0, 0.1) is 0 Å². The van der Waals surface area contributed by atoms with E-state index in [-0.39, 0.29) is 5.91 Å². The van der Waals surface area contributed by atoms with Gasteiger partial charge in [0.25, 0.3) is 5.91 Å². The van der Waals surface area contributed by atoms with E-state index in [0.29, 0.717) is 6.04 Å². The zero-order valence-corrected chi connectivity index (χ0v) is 9.62. The molecule has 1 aliphatic rings. The Hall–Kier alpha value is -1.35. The minimum atomic E-state index is 0.0580. The number of rotatable bonds is 5. The van der Waals surface area contributed by atoms with Gasteiger partial charge in [-0.15, -0.1) is 0 Å². The van der Waals surface area contributed by atoms with E-state index in [4.69, 9.17) is 0 Å². The molecule has 2 N–H and O–H groups in total. The van der Waals surface area contributed by atoms with Crippen LogP contribution >= 0.6 is 0 Å². The van der Waals surface area contributed by atoms with Crippen molar-refractivity contribution in [2.45, 2.75) is 25.3 Å². The van der Waals surface area contributed by atoms with Gasteiger partial charge in [0.05, 0.1) is 0 Å². The fourth-order valence-electron chi connectivity index (χ4n) is 1.59. The summed E-state index contributed by atoms with van der Waals surface area (Å²) in [6.07, 6.45) is 3.26. The topological polar surface area (TPSA) is 41.1 Å². The summed E-state index contributed by atoms with van der Waals surface area (Å²) in [5.74, 6) is 0.0580. The van der Waals surface area contributed by atoms with Crippen molar-refractivity contribution in [3.05, 3.63) is 35.4 Å². The van der Waals surface area contributed by atoms with E-state index >= 15 is 0 Å². The van der Waals surface area contributed by atoms with Crippen LogP contribution in [0.2, 0.25) is 0 Å². The van der Waals surface area contributed by atoms with Crippen molar-refractivity contribution in [2.24, 2.45) is 0 Å². The van der Waals surface area contributed by atoms with Crippen LogP contribution in [0.15, 0.2) is 24.3 Å². The summed E-state index contributed by atoms with van der Waals surface area (Å²) in [4.78, 5) is 11.7. The molecule has 1 saturated carbocycles. The van der Waals surface area contributed by atoms with Crippen LogP contribution in [0.1, 0.15) is 28.8 Å². The standard InChI is InChI=1S/C13H18N2O/c1-14-9-8-10-2-4-11(5-3-10)13(16)15-12-6-7-12/h2-5,12,14H,6-9H2,1H3,(H,15,16). The van der Waals surface area contributed by atoms with Crippen LogP contribution in [0.4, 0.5) is 0 Å². The van der Waals surface area contributed by atoms with Crippen molar-refractivity contribution < 1.29 is 4.79 Å². The van der Waals surface area contributed by atoms with Crippen LogP contribution < -0.4 is 10.6 Å². The Morgan fingerprint density at radius 1 is 1.31 bits per heavy atom. The largest absolute Gasteiger partial charge is 0.349 e. The lowest BCUT2D eigenvalue weighted by Crippen LogP contribution is -2.25. The molecule has 0 aromatic heterocycles. The van der Waals surface area contributed by atoms with Crippen LogP contribution in [-0.2, 0) is 6.42 Å². The first-order valence-corrected chi connectivity index (χ1v) is 5.84. The highest BCUT2D eigenvalue weighted by Gasteiger charge is 2.23. The number of nitrogens with one attached hydrogen (secondary N) is 2. The number of likely N-dealkylation sites (N-methyl/N-ethyl adjacent to an activating group) is 1. The average Bonchev–Trinajstić information content (AvgIpc) is 3.11. The molecule has 16 heavy (non-hydrogen) atoms. The fraction of sp³-hybridized carbons (Fsp3) is 0.462. The third kappa shape index (κ3) is 3.07. The molecule has 1 fully saturated rings. The summed E-state index contributed by atoms with van der Waals surface area (Å²) in [7, 11) is 1.94. The molecule has 2 rings (SSSR count). The maximum Gasteiger partial charge on any atom is 0.251 e. The first-order valence-electron chi connectivity index (χ1n) is 5.84. The van der Waals surface area contributed by atoms with Crippen molar-refractivity contribution in [1.29, 1.82) is 0 Å². The summed E-state index contributed by atoms with van der Waals surface area (Å²) in [6.45, 7) is 0.966. The van der Waals surface area contributed by atoms with Crippen LogP contribution in [-0.4, -0.2) is 25.5 Å². The van der Waals surface area contributed by atoms with Crippen molar-refractivity contribution in [3.8, 4) is 0 Å². The molecule has 1 aliphatic carbocycles. The van der Waals surface area contributed by atoms with Gasteiger partial charge in [-0.25, -0.2) is 0 Å². The Kier molecular flexibility index (Phi) is 3.57. The minimum absolute atomic E-state index is 0.0580. The molecule has 0 saturated heterocycles. The Labute approximate surface area is 96.2 Å². The predicted octanol–water partition coefficient (Wildman–Crippen LogP) is 1.34. The van der Waals surface area contributed by atoms with Gasteiger partial charge in [-0.2, -0.15) is 0 Å². The van der Waals surface area contributed by atoms with E-state index in [9.17, 15) is 4.79 Å². The molecular formula is C13H18N2O. The molecule has 1 aromatic carbocycles. The molecule has 0 atom stereocenters. The number of carbonyl (C=O) groups excluding carboxylic acids is 1. The van der Waals surface area contributed by atoms with E-state index in [2.05, 4.69) is 10.6 Å². The van der Waals surface area contributed by atoms with Crippen LogP contribution in [0.25, 0.3) is 0 Å². The molecule has 0 heterocycles. The lowest BCUT2D eigenvalue weighted by atomic mass is 10.1. The summed E-state index contributed by atoms with van der Waals surface area (Å²) in [6, 6.07) is 8.29. The normalized spacial score (nSPS) is 14.8. The first kappa shape index (κ1) is 11.1. The van der Waals surface area contributed by atoms with Gasteiger partial charge in [0.15, 0.2) is 0 Å². The lowest BCUT2D eigenvalue weighted by Gasteiger charge is -2.05. The molecule has 3 nitrogen and oxygen atoms in total. The van der Waals surface area contributed by atoms with Gasteiger partial charge in [0, 0.05) is 11.6 Å². The molecular weight excluding hydrogens is 200 g/mol. The van der Waals surface area contributed by atoms with Gasteiger partial charge in [0.2, 0.25) is 0 Å². The van der Waals surface area contributed by atoms with E-state index in [0.717, 1.165) is 31.4 Å². The Balaban J connectivity index is 1.92. The Bertz CT molecular complexity index is 355. The third-order valence-corrected chi connectivity index (χ3v) is 2.79. The molecule has 0 unspecified atom stereocenters. The van der Waals surface area contributed by atoms with E-state index in [1.807, 2.05) is 31.3 Å². The third-order valence-electron chi connectivity index (χ3n) is 2.79. The minimum Gasteiger partial charge on any atom is -0.349 e. The summed E-state index contributed by atoms with van der Waals surface area (Å²) < 4.78 is 0. The van der Waals surface area contributed by atoms with Gasteiger partial charge in [-0.3, -0.25) is 4.79 Å². The molecule has 1 amide bonds. The van der Waals surface area contributed by atoms with Crippen molar-refractivity contribution in [2.75, 3.05) is 13.6 Å². The van der Waals surface area contributed by atoms with Crippen LogP contribution in [0.3, 0.4) is 0 Å². The molecule has 0 bridgehead atoms. The molecule has 1 aromatic rings. The second kappa shape index (κ2) is 5.12. The fourth-order valence-corrected chi connectivity index (χ4v) is 1.59. The van der Waals surface area contributed by atoms with Crippen LogP contribution in [0.5, 0.6) is 0 Å². The predicted molar refractivity (Wildman–Crippen MR) is 64.6 cm³/mol. The highest BCUT2D eigenvalue weighted by Crippen LogP contribution is 2.19. The first-order chi connectivity index (χ1) is 7.79. The molecule has 3 heteroatoms. The SMILES string of the molecule is CNCCc1ccc(C(=O)NC2CC2)cc1. The van der Waals surface area contributed by atoms with E-state index in [1.54, 1.807) is 0 Å². The maximum absolute atomic E-state index is 11.7. The number of amides is 1. The zero-order valence-electron chi connectivity index (χ0n) is 9.62. The van der Waals surface area contributed by atoms with E-state index < -0.39 is 0 Å². The van der Waals surface area contributed by atoms with E-state index in [1.165, 1.54) is 5.56 Å². The maximum atomic E-state index is 11.7. The highest BCUT2D eigenvalue weighted by atomic mass is 16.1. The summed E-state index contributed by atoms with van der Waals surface area (Å²) >= 11 is 0. The van der Waals surface area contributed by atoms with Gasteiger partial charge in [0.1, 0.15) is 0 Å². The van der Waals surface area contributed by atoms with Gasteiger partial charge in [-0.1, -0.05) is 12.1 Å². The van der Waals surface area contributed by atoms with Crippen molar-refractivity contribution in [3.63, 3.8) is 0 Å². The number of carbonyl (C=O) groups is 1. The zero-order chi connectivity index (χ0) is 11.4. The van der Waals surface area contributed by atoms with Crippen molar-refractivity contribution in [1.82, 2.24) is 10.6 Å². The average molecular weight is 218 g/mol. The lowest BCUT2D eigenvalue weighted by molar-refractivity contribution is 0.0951. The molecule has 0 radical (unpaired) electrons. The molecule has 0 aliphatic heterocycles. The number of benzene rings is 1. The second-order valence-corrected chi connectivity index (χ2v) is 4.30. The van der Waals surface area contributed by atoms with Gasteiger partial charge >= 0.3 is 0 Å². The second-order valence-electron chi connectivity index (χ2n) is 4.30. The summed E-state index contributed by atoms with van der Waals surface area (Å²) in [5, 5.41) is 6.09. The Morgan fingerprint density at radius 3 is 2.56 bits per heavy atom. The molecule has 0 spiro atoms. The van der Waals surface area contributed by atoms with Crippen molar-refractivity contribution >= 4 is 5.91 Å². The quantitative estimate of drug-likeness (QED) is 0.783. The number of hydrogen-bond donors (Lipinski definition) is 2. The smallest absolute Gasteiger partial charge is 0.251 e. The monoisotopic (exact) mass is 218 g/mol. The number of hydrogen-bond acceptors (Lipinski definition) is 2. The Morgan fingerprint density at radius 2 is 2.00 bits per heavy atom. The summed E-state index contributed by atoms with van der Waals surface area (Å²) in [5.41, 5.74) is 2.03. The van der Waals surface area contributed by atoms with Gasteiger partial charge < -0.3 is 10.6 Å².